The van der Waals surface area contributed by atoms with E-state index in [2.05, 4.69) is 10.5 Å². The van der Waals surface area contributed by atoms with Crippen molar-refractivity contribution in [1.29, 1.82) is 5.26 Å². The summed E-state index contributed by atoms with van der Waals surface area (Å²) >= 11 is 0. The third kappa shape index (κ3) is 2.40. The Balaban J connectivity index is 2.34. The summed E-state index contributed by atoms with van der Waals surface area (Å²) in [6.45, 7) is 2.76. The zero-order chi connectivity index (χ0) is 8.10. The minimum Gasteiger partial charge on any atom is -0.361 e. The van der Waals surface area contributed by atoms with E-state index in [9.17, 15) is 0 Å². The van der Waals surface area contributed by atoms with Crippen LogP contribution in [0.3, 0.4) is 0 Å². The van der Waals surface area contributed by atoms with Crippen LogP contribution >= 0.6 is 0 Å². The molecule has 1 aromatic rings. The molecule has 1 N–H and O–H groups in total. The van der Waals surface area contributed by atoms with Crippen LogP contribution in [0, 0.1) is 18.3 Å². The van der Waals surface area contributed by atoms with Crippen LogP contribution in [-0.2, 0) is 6.54 Å². The minimum atomic E-state index is 0.339. The lowest BCUT2D eigenvalue weighted by atomic mass is 10.4. The molecule has 0 aliphatic rings. The molecule has 0 atom stereocenters. The highest BCUT2D eigenvalue weighted by atomic mass is 16.5. The van der Waals surface area contributed by atoms with E-state index in [0.717, 1.165) is 11.5 Å². The molecule has 0 unspecified atom stereocenters. The van der Waals surface area contributed by atoms with Crippen molar-refractivity contribution >= 4 is 0 Å². The van der Waals surface area contributed by atoms with Crippen molar-refractivity contribution in [3.8, 4) is 6.07 Å². The van der Waals surface area contributed by atoms with Gasteiger partial charge in [0.2, 0.25) is 0 Å². The van der Waals surface area contributed by atoms with Gasteiger partial charge in [0.15, 0.2) is 0 Å². The number of hydrogen-bond acceptors (Lipinski definition) is 4. The first kappa shape index (κ1) is 7.76. The van der Waals surface area contributed by atoms with Gasteiger partial charge in [0.25, 0.3) is 0 Å². The Labute approximate surface area is 64.8 Å². The maximum atomic E-state index is 8.19. The van der Waals surface area contributed by atoms with Gasteiger partial charge < -0.3 is 4.52 Å². The molecule has 0 spiro atoms. The fourth-order valence-corrected chi connectivity index (χ4v) is 0.748. The van der Waals surface area contributed by atoms with Gasteiger partial charge in [0, 0.05) is 12.6 Å². The van der Waals surface area contributed by atoms with Gasteiger partial charge in [-0.3, -0.25) is 5.32 Å². The maximum Gasteiger partial charge on any atom is 0.133 e. The maximum absolute atomic E-state index is 8.19. The van der Waals surface area contributed by atoms with E-state index in [1.165, 1.54) is 0 Å². The molecule has 11 heavy (non-hydrogen) atoms. The van der Waals surface area contributed by atoms with Gasteiger partial charge in [-0.2, -0.15) is 5.26 Å². The van der Waals surface area contributed by atoms with Crippen molar-refractivity contribution in [3.05, 3.63) is 17.5 Å². The van der Waals surface area contributed by atoms with Crippen molar-refractivity contribution in [2.45, 2.75) is 13.5 Å². The van der Waals surface area contributed by atoms with Crippen LogP contribution in [0.2, 0.25) is 0 Å². The van der Waals surface area contributed by atoms with Gasteiger partial charge >= 0.3 is 0 Å². The smallest absolute Gasteiger partial charge is 0.133 e. The predicted molar refractivity (Wildman–Crippen MR) is 38.6 cm³/mol. The Hall–Kier alpha value is -1.34. The molecule has 4 heteroatoms. The second-order valence-corrected chi connectivity index (χ2v) is 2.19. The fraction of sp³-hybridized carbons (Fsp3) is 0.429. The van der Waals surface area contributed by atoms with Crippen molar-refractivity contribution in [2.24, 2.45) is 0 Å². The standard InChI is InChI=1S/C7H9N3O/c1-6-4-7(10-11-6)5-9-3-2-8/h4,9H,3,5H2,1H3. The van der Waals surface area contributed by atoms with Gasteiger partial charge in [-0.1, -0.05) is 5.16 Å². The summed E-state index contributed by atoms with van der Waals surface area (Å²) in [6, 6.07) is 3.81. The lowest BCUT2D eigenvalue weighted by Crippen LogP contribution is -2.12. The topological polar surface area (TPSA) is 61.9 Å². The second-order valence-electron chi connectivity index (χ2n) is 2.19. The zero-order valence-electron chi connectivity index (χ0n) is 6.29. The number of nitrogens with one attached hydrogen (secondary N) is 1. The third-order valence-electron chi connectivity index (χ3n) is 1.19. The number of nitrogens with zero attached hydrogens (tertiary/aromatic N) is 2. The molecule has 0 aliphatic heterocycles. The second kappa shape index (κ2) is 3.74. The summed E-state index contributed by atoms with van der Waals surface area (Å²) in [5.74, 6) is 0.791. The molecular formula is C7H9N3O. The zero-order valence-corrected chi connectivity index (χ0v) is 6.29. The van der Waals surface area contributed by atoms with Crippen LogP contribution in [0.5, 0.6) is 0 Å². The molecule has 1 aromatic heterocycles. The van der Waals surface area contributed by atoms with E-state index in [-0.39, 0.29) is 0 Å². The van der Waals surface area contributed by atoms with Gasteiger partial charge in [0.1, 0.15) is 5.76 Å². The first-order chi connectivity index (χ1) is 5.33. The first-order valence-electron chi connectivity index (χ1n) is 3.33. The summed E-state index contributed by atoms with van der Waals surface area (Å²) in [5, 5.41) is 14.8. The Morgan fingerprint density at radius 3 is 3.18 bits per heavy atom. The van der Waals surface area contributed by atoms with E-state index in [4.69, 9.17) is 9.78 Å². The Bertz CT molecular complexity index is 261. The van der Waals surface area contributed by atoms with Gasteiger partial charge in [0.05, 0.1) is 18.3 Å². The summed E-state index contributed by atoms with van der Waals surface area (Å²) in [4.78, 5) is 0. The Morgan fingerprint density at radius 2 is 2.64 bits per heavy atom. The molecule has 0 aliphatic carbocycles. The lowest BCUT2D eigenvalue weighted by Gasteiger charge is -1.91. The molecule has 0 bridgehead atoms. The summed E-state index contributed by atoms with van der Waals surface area (Å²) in [7, 11) is 0. The number of aryl methyl sites for hydroxylation is 1. The average Bonchev–Trinajstić information content (AvgIpc) is 2.37. The van der Waals surface area contributed by atoms with Crippen molar-refractivity contribution in [3.63, 3.8) is 0 Å². The Kier molecular flexibility index (Phi) is 2.64. The molecule has 0 radical (unpaired) electrons. The van der Waals surface area contributed by atoms with Crippen molar-refractivity contribution < 1.29 is 4.52 Å². The number of rotatable bonds is 3. The minimum absolute atomic E-state index is 0.339. The number of aromatic nitrogens is 1. The van der Waals surface area contributed by atoms with Crippen molar-refractivity contribution in [1.82, 2.24) is 10.5 Å². The van der Waals surface area contributed by atoms with E-state index in [1.54, 1.807) is 0 Å². The molecule has 58 valence electrons. The molecule has 0 amide bonds. The highest BCUT2D eigenvalue weighted by Gasteiger charge is 1.97. The molecule has 0 saturated carbocycles. The SMILES string of the molecule is Cc1cc(CNCC#N)no1. The summed E-state index contributed by atoms with van der Waals surface area (Å²) in [6.07, 6.45) is 0. The predicted octanol–water partition coefficient (Wildman–Crippen LogP) is 0.596. The third-order valence-corrected chi connectivity index (χ3v) is 1.19. The van der Waals surface area contributed by atoms with Crippen LogP contribution in [-0.4, -0.2) is 11.7 Å². The molecular weight excluding hydrogens is 142 g/mol. The van der Waals surface area contributed by atoms with E-state index in [0.29, 0.717) is 13.1 Å². The van der Waals surface area contributed by atoms with Crippen LogP contribution in [0.25, 0.3) is 0 Å². The molecule has 0 aromatic carbocycles. The van der Waals surface area contributed by atoms with Crippen LogP contribution < -0.4 is 5.32 Å². The van der Waals surface area contributed by atoms with Gasteiger partial charge in [-0.15, -0.1) is 0 Å². The number of nitriles is 1. The average molecular weight is 151 g/mol. The van der Waals surface area contributed by atoms with E-state index < -0.39 is 0 Å². The summed E-state index contributed by atoms with van der Waals surface area (Å²) < 4.78 is 4.82. The lowest BCUT2D eigenvalue weighted by molar-refractivity contribution is 0.389. The highest BCUT2D eigenvalue weighted by molar-refractivity contribution is 5.03. The quantitative estimate of drug-likeness (QED) is 0.507. The normalized spacial score (nSPS) is 9.45. The largest absolute Gasteiger partial charge is 0.361 e. The first-order valence-corrected chi connectivity index (χ1v) is 3.33. The molecule has 1 heterocycles. The fourth-order valence-electron chi connectivity index (χ4n) is 0.748. The van der Waals surface area contributed by atoms with Crippen LogP contribution in [0.1, 0.15) is 11.5 Å². The van der Waals surface area contributed by atoms with Crippen molar-refractivity contribution in [2.75, 3.05) is 6.54 Å². The molecule has 4 nitrogen and oxygen atoms in total. The monoisotopic (exact) mass is 151 g/mol. The summed E-state index contributed by atoms with van der Waals surface area (Å²) in [5.41, 5.74) is 0.831. The van der Waals surface area contributed by atoms with Gasteiger partial charge in [-0.05, 0) is 6.92 Å². The molecule has 1 rings (SSSR count). The molecule has 0 fully saturated rings. The molecule has 0 saturated heterocycles. The van der Waals surface area contributed by atoms with Crippen LogP contribution in [0.15, 0.2) is 10.6 Å². The Morgan fingerprint density at radius 1 is 1.82 bits per heavy atom. The highest BCUT2D eigenvalue weighted by Crippen LogP contribution is 1.99. The van der Waals surface area contributed by atoms with Gasteiger partial charge in [-0.25, -0.2) is 0 Å². The number of hydrogen-bond donors (Lipinski definition) is 1. The van der Waals surface area contributed by atoms with Crippen LogP contribution in [0.4, 0.5) is 0 Å². The van der Waals surface area contributed by atoms with E-state index >= 15 is 0 Å². The van der Waals surface area contributed by atoms with E-state index in [1.807, 2.05) is 19.1 Å².